The predicted octanol–water partition coefficient (Wildman–Crippen LogP) is 2.88. The maximum Gasteiger partial charge on any atom is 0.137 e. The van der Waals surface area contributed by atoms with Crippen molar-refractivity contribution in [2.45, 2.75) is 25.9 Å². The van der Waals surface area contributed by atoms with Gasteiger partial charge in [0, 0.05) is 37.7 Å². The number of ether oxygens (including phenoxy) is 1. The Hall–Kier alpha value is -1.88. The fourth-order valence-electron chi connectivity index (χ4n) is 2.53. The summed E-state index contributed by atoms with van der Waals surface area (Å²) in [4.78, 5) is 14.7. The second-order valence-corrected chi connectivity index (χ2v) is 5.46. The van der Waals surface area contributed by atoms with Gasteiger partial charge in [-0.15, -0.1) is 0 Å². The first-order valence-corrected chi connectivity index (χ1v) is 7.40. The molecule has 1 aliphatic heterocycles. The van der Waals surface area contributed by atoms with E-state index in [-0.39, 0.29) is 6.10 Å². The van der Waals surface area contributed by atoms with Gasteiger partial charge in [-0.3, -0.25) is 4.98 Å². The number of nitrogens with zero attached hydrogens (tertiary/aromatic N) is 4. The largest absolute Gasteiger partial charge is 0.489 e. The Morgan fingerprint density at radius 1 is 1.29 bits per heavy atom. The fourth-order valence-corrected chi connectivity index (χ4v) is 2.66. The molecule has 110 valence electrons. The second-order valence-electron chi connectivity index (χ2n) is 5.11. The van der Waals surface area contributed by atoms with Crippen molar-refractivity contribution in [1.82, 2.24) is 15.0 Å². The highest BCUT2D eigenvalue weighted by Gasteiger charge is 2.23. The van der Waals surface area contributed by atoms with Gasteiger partial charge in [0.15, 0.2) is 0 Å². The minimum absolute atomic E-state index is 0.225. The van der Waals surface area contributed by atoms with Crippen LogP contribution in [0.4, 0.5) is 5.82 Å². The lowest BCUT2D eigenvalue weighted by Gasteiger charge is -2.33. The van der Waals surface area contributed by atoms with Gasteiger partial charge in [-0.25, -0.2) is 9.97 Å². The maximum atomic E-state index is 6.06. The number of aromatic nitrogens is 3. The maximum absolute atomic E-state index is 6.06. The quantitative estimate of drug-likeness (QED) is 0.816. The van der Waals surface area contributed by atoms with E-state index in [4.69, 9.17) is 16.3 Å². The lowest BCUT2D eigenvalue weighted by atomic mass is 10.1. The molecule has 0 bridgehead atoms. The zero-order valence-electron chi connectivity index (χ0n) is 11.9. The van der Waals surface area contributed by atoms with Crippen molar-refractivity contribution < 1.29 is 4.74 Å². The first-order chi connectivity index (χ1) is 10.2. The van der Waals surface area contributed by atoms with E-state index in [1.807, 2.05) is 19.1 Å². The van der Waals surface area contributed by atoms with Gasteiger partial charge in [-0.1, -0.05) is 11.6 Å². The minimum Gasteiger partial charge on any atom is -0.489 e. The third kappa shape index (κ3) is 3.24. The number of piperidine rings is 1. The number of anilines is 1. The molecule has 0 amide bonds. The molecule has 0 aromatic carbocycles. The zero-order chi connectivity index (χ0) is 14.7. The third-order valence-electron chi connectivity index (χ3n) is 3.67. The summed E-state index contributed by atoms with van der Waals surface area (Å²) < 4.78 is 5.95. The van der Waals surface area contributed by atoms with E-state index in [2.05, 4.69) is 19.9 Å². The number of hydrogen-bond donors (Lipinski definition) is 0. The normalized spacial score (nSPS) is 16.0. The van der Waals surface area contributed by atoms with Crippen molar-refractivity contribution in [3.63, 3.8) is 0 Å². The molecule has 0 aliphatic carbocycles. The molecule has 5 nitrogen and oxygen atoms in total. The molecule has 0 unspecified atom stereocenters. The molecule has 3 rings (SSSR count). The molecule has 6 heteroatoms. The second kappa shape index (κ2) is 6.26. The average Bonchev–Trinajstić information content (AvgIpc) is 2.52. The van der Waals surface area contributed by atoms with Crippen LogP contribution in [0.3, 0.4) is 0 Å². The molecule has 0 radical (unpaired) electrons. The number of pyridine rings is 1. The highest BCUT2D eigenvalue weighted by atomic mass is 35.5. The Morgan fingerprint density at radius 2 is 2.10 bits per heavy atom. The predicted molar refractivity (Wildman–Crippen MR) is 81.9 cm³/mol. The van der Waals surface area contributed by atoms with Gasteiger partial charge in [0.05, 0.1) is 6.20 Å². The van der Waals surface area contributed by atoms with E-state index < -0.39 is 0 Å². The van der Waals surface area contributed by atoms with Crippen molar-refractivity contribution in [3.8, 4) is 5.75 Å². The van der Waals surface area contributed by atoms with Crippen molar-refractivity contribution in [2.75, 3.05) is 18.0 Å². The van der Waals surface area contributed by atoms with E-state index >= 15 is 0 Å². The van der Waals surface area contributed by atoms with Crippen LogP contribution in [0, 0.1) is 6.92 Å². The summed E-state index contributed by atoms with van der Waals surface area (Å²) in [6.45, 7) is 3.76. The SMILES string of the molecule is Cc1c(Cl)ncnc1N1CCC(Oc2cccnc2)CC1. The van der Waals surface area contributed by atoms with Crippen molar-refractivity contribution in [1.29, 1.82) is 0 Å². The molecule has 2 aromatic heterocycles. The Bertz CT molecular complexity index is 600. The number of rotatable bonds is 3. The summed E-state index contributed by atoms with van der Waals surface area (Å²) in [5.74, 6) is 1.76. The Kier molecular flexibility index (Phi) is 4.20. The molecule has 1 aliphatic rings. The molecule has 0 N–H and O–H groups in total. The van der Waals surface area contributed by atoms with E-state index in [0.29, 0.717) is 5.15 Å². The van der Waals surface area contributed by atoms with Gasteiger partial charge in [0.25, 0.3) is 0 Å². The van der Waals surface area contributed by atoms with Crippen molar-refractivity contribution in [2.24, 2.45) is 0 Å². The summed E-state index contributed by atoms with van der Waals surface area (Å²) >= 11 is 6.06. The third-order valence-corrected chi connectivity index (χ3v) is 4.06. The molecule has 1 fully saturated rings. The smallest absolute Gasteiger partial charge is 0.137 e. The monoisotopic (exact) mass is 304 g/mol. The first kappa shape index (κ1) is 14.1. The van der Waals surface area contributed by atoms with Crippen LogP contribution in [-0.4, -0.2) is 34.1 Å². The van der Waals surface area contributed by atoms with Gasteiger partial charge in [-0.2, -0.15) is 0 Å². The first-order valence-electron chi connectivity index (χ1n) is 7.03. The van der Waals surface area contributed by atoms with Crippen LogP contribution in [0.5, 0.6) is 5.75 Å². The van der Waals surface area contributed by atoms with E-state index in [1.165, 1.54) is 6.33 Å². The van der Waals surface area contributed by atoms with Crippen LogP contribution in [-0.2, 0) is 0 Å². The summed E-state index contributed by atoms with van der Waals surface area (Å²) in [6.07, 6.45) is 7.15. The lowest BCUT2D eigenvalue weighted by molar-refractivity contribution is 0.170. The average molecular weight is 305 g/mol. The Morgan fingerprint density at radius 3 is 2.81 bits per heavy atom. The van der Waals surface area contributed by atoms with Gasteiger partial charge in [0.1, 0.15) is 29.2 Å². The van der Waals surface area contributed by atoms with Crippen LogP contribution in [0.1, 0.15) is 18.4 Å². The van der Waals surface area contributed by atoms with Crippen LogP contribution < -0.4 is 9.64 Å². The van der Waals surface area contributed by atoms with E-state index in [0.717, 1.165) is 43.1 Å². The highest BCUT2D eigenvalue weighted by Crippen LogP contribution is 2.26. The Labute approximate surface area is 129 Å². The molecule has 0 spiro atoms. The summed E-state index contributed by atoms with van der Waals surface area (Å²) in [5.41, 5.74) is 0.936. The molecule has 2 aromatic rings. The highest BCUT2D eigenvalue weighted by molar-refractivity contribution is 6.30. The van der Waals surface area contributed by atoms with Gasteiger partial charge in [0.2, 0.25) is 0 Å². The van der Waals surface area contributed by atoms with Crippen LogP contribution in [0.25, 0.3) is 0 Å². The van der Waals surface area contributed by atoms with E-state index in [9.17, 15) is 0 Å². The topological polar surface area (TPSA) is 51.1 Å². The minimum atomic E-state index is 0.225. The Balaban J connectivity index is 1.61. The van der Waals surface area contributed by atoms with Crippen LogP contribution >= 0.6 is 11.6 Å². The van der Waals surface area contributed by atoms with Gasteiger partial charge < -0.3 is 9.64 Å². The molecule has 3 heterocycles. The van der Waals surface area contributed by atoms with Crippen molar-refractivity contribution in [3.05, 3.63) is 41.6 Å². The van der Waals surface area contributed by atoms with Gasteiger partial charge >= 0.3 is 0 Å². The van der Waals surface area contributed by atoms with Crippen molar-refractivity contribution >= 4 is 17.4 Å². The summed E-state index contributed by atoms with van der Waals surface area (Å²) in [7, 11) is 0. The van der Waals surface area contributed by atoms with Crippen LogP contribution in [0.2, 0.25) is 5.15 Å². The molecule has 0 atom stereocenters. The lowest BCUT2D eigenvalue weighted by Crippen LogP contribution is -2.39. The number of hydrogen-bond acceptors (Lipinski definition) is 5. The zero-order valence-corrected chi connectivity index (χ0v) is 12.6. The summed E-state index contributed by atoms with van der Waals surface area (Å²) in [6, 6.07) is 3.82. The fraction of sp³-hybridized carbons (Fsp3) is 0.400. The summed E-state index contributed by atoms with van der Waals surface area (Å²) in [5, 5.41) is 0.522. The molecular formula is C15H17ClN4O. The van der Waals surface area contributed by atoms with Crippen LogP contribution in [0.15, 0.2) is 30.9 Å². The molecule has 21 heavy (non-hydrogen) atoms. The molecular weight excluding hydrogens is 288 g/mol. The molecule has 1 saturated heterocycles. The standard InChI is InChI=1S/C15H17ClN4O/c1-11-14(16)18-10-19-15(11)20-7-4-12(5-8-20)21-13-3-2-6-17-9-13/h2-3,6,9-10,12H,4-5,7-8H2,1H3. The number of halogens is 1. The molecule has 0 saturated carbocycles. The van der Waals surface area contributed by atoms with Gasteiger partial charge in [-0.05, 0) is 19.1 Å². The van der Waals surface area contributed by atoms with E-state index in [1.54, 1.807) is 12.4 Å².